The number of benzene rings is 4. The Bertz CT molecular complexity index is 1720. The molecule has 0 aromatic heterocycles. The van der Waals surface area contributed by atoms with Crippen molar-refractivity contribution in [2.75, 3.05) is 18.0 Å². The molecule has 11 heteroatoms. The van der Waals surface area contributed by atoms with E-state index < -0.39 is 28.5 Å². The highest BCUT2D eigenvalue weighted by Gasteiger charge is 2.35. The van der Waals surface area contributed by atoms with Gasteiger partial charge in [0.05, 0.1) is 17.7 Å². The number of rotatable bonds is 13. The molecule has 0 heterocycles. The molecule has 0 radical (unpaired) electrons. The van der Waals surface area contributed by atoms with Crippen molar-refractivity contribution in [1.82, 2.24) is 10.2 Å². The van der Waals surface area contributed by atoms with Gasteiger partial charge < -0.3 is 15.0 Å². The minimum Gasteiger partial charge on any atom is -0.497 e. The summed E-state index contributed by atoms with van der Waals surface area (Å²) in [6.45, 7) is 3.08. The summed E-state index contributed by atoms with van der Waals surface area (Å²) in [4.78, 5) is 29.6. The van der Waals surface area contributed by atoms with Crippen LogP contribution in [0.3, 0.4) is 0 Å². The number of nitrogens with one attached hydrogen (secondary N) is 1. The minimum absolute atomic E-state index is 0.00831. The number of anilines is 1. The van der Waals surface area contributed by atoms with Crippen molar-refractivity contribution < 1.29 is 22.7 Å². The average Bonchev–Trinajstić information content (AvgIpc) is 3.01. The Labute approximate surface area is 274 Å². The van der Waals surface area contributed by atoms with Crippen LogP contribution in [0.15, 0.2) is 108 Å². The molecule has 0 aliphatic rings. The van der Waals surface area contributed by atoms with Crippen LogP contribution in [0.25, 0.3) is 0 Å². The van der Waals surface area contributed by atoms with Gasteiger partial charge in [0.25, 0.3) is 10.0 Å². The Balaban J connectivity index is 1.81. The summed E-state index contributed by atoms with van der Waals surface area (Å²) in [5, 5.41) is 3.70. The Morgan fingerprint density at radius 2 is 1.44 bits per heavy atom. The largest absolute Gasteiger partial charge is 0.497 e. The highest BCUT2D eigenvalue weighted by molar-refractivity contribution is 7.92. The molecule has 0 aliphatic carbocycles. The van der Waals surface area contributed by atoms with Gasteiger partial charge in [0.2, 0.25) is 11.8 Å². The quantitative estimate of drug-likeness (QED) is 0.179. The molecule has 1 atom stereocenters. The molecule has 0 saturated heterocycles. The number of hydrogen-bond acceptors (Lipinski definition) is 5. The van der Waals surface area contributed by atoms with Gasteiger partial charge in [0, 0.05) is 29.1 Å². The second-order valence-electron chi connectivity index (χ2n) is 10.7. The number of hydrogen-bond donors (Lipinski definition) is 1. The van der Waals surface area contributed by atoms with Crippen LogP contribution in [0.2, 0.25) is 10.0 Å². The van der Waals surface area contributed by atoms with Crippen molar-refractivity contribution in [1.29, 1.82) is 0 Å². The van der Waals surface area contributed by atoms with Gasteiger partial charge in [-0.1, -0.05) is 71.7 Å². The number of carbonyl (C=O) groups is 2. The minimum atomic E-state index is -4.28. The number of halogens is 2. The fourth-order valence-corrected chi connectivity index (χ4v) is 6.61. The molecule has 1 N–H and O–H groups in total. The lowest BCUT2D eigenvalue weighted by Gasteiger charge is -2.34. The molecular weight excluding hydrogens is 633 g/mol. The second kappa shape index (κ2) is 15.3. The lowest BCUT2D eigenvalue weighted by Crippen LogP contribution is -2.54. The van der Waals surface area contributed by atoms with Crippen molar-refractivity contribution in [3.05, 3.63) is 124 Å². The first-order chi connectivity index (χ1) is 21.5. The molecular formula is C34H35Cl2N3O5S. The van der Waals surface area contributed by atoms with E-state index in [2.05, 4.69) is 5.32 Å². The highest BCUT2D eigenvalue weighted by atomic mass is 35.5. The zero-order valence-electron chi connectivity index (χ0n) is 25.2. The number of nitrogens with zero attached hydrogens (tertiary/aromatic N) is 2. The Morgan fingerprint density at radius 1 is 0.822 bits per heavy atom. The van der Waals surface area contributed by atoms with Gasteiger partial charge in [0.1, 0.15) is 18.3 Å². The number of sulfonamides is 1. The smallest absolute Gasteiger partial charge is 0.264 e. The number of carbonyl (C=O) groups excluding carboxylic acids is 2. The molecule has 0 unspecified atom stereocenters. The lowest BCUT2D eigenvalue weighted by atomic mass is 10.0. The Morgan fingerprint density at radius 3 is 2.04 bits per heavy atom. The van der Waals surface area contributed by atoms with Crippen molar-refractivity contribution in [3.8, 4) is 5.75 Å². The van der Waals surface area contributed by atoms with Crippen LogP contribution in [0.5, 0.6) is 5.75 Å². The average molecular weight is 669 g/mol. The molecule has 4 aromatic carbocycles. The Hall–Kier alpha value is -4.05. The van der Waals surface area contributed by atoms with E-state index in [0.29, 0.717) is 21.4 Å². The van der Waals surface area contributed by atoms with Gasteiger partial charge in [-0.3, -0.25) is 13.9 Å². The van der Waals surface area contributed by atoms with Crippen molar-refractivity contribution in [2.45, 2.75) is 43.8 Å². The van der Waals surface area contributed by atoms with Crippen molar-refractivity contribution in [2.24, 2.45) is 0 Å². The standard InChI is InChI=1S/C34H35Cl2N3O5S/c1-24(2)37-34(41)32(20-25-9-5-4-6-10-25)38(22-26-11-7-12-27(35)19-26)33(40)23-39(29-14-8-13-28(36)21-29)45(42,43)31-17-15-30(44-3)16-18-31/h4-19,21,24,32H,20,22-23H2,1-3H3,(H,37,41)/t32-/m0/s1. The second-order valence-corrected chi connectivity index (χ2v) is 13.4. The maximum Gasteiger partial charge on any atom is 0.264 e. The lowest BCUT2D eigenvalue weighted by molar-refractivity contribution is -0.140. The fourth-order valence-electron chi connectivity index (χ4n) is 4.80. The zero-order chi connectivity index (χ0) is 32.6. The topological polar surface area (TPSA) is 96.0 Å². The van der Waals surface area contributed by atoms with Crippen LogP contribution < -0.4 is 14.4 Å². The number of ether oxygens (including phenoxy) is 1. The third-order valence-electron chi connectivity index (χ3n) is 6.97. The maximum atomic E-state index is 14.5. The van der Waals surface area contributed by atoms with E-state index in [4.69, 9.17) is 27.9 Å². The first-order valence-corrected chi connectivity index (χ1v) is 16.5. The normalized spacial score (nSPS) is 12.0. The van der Waals surface area contributed by atoms with Crippen LogP contribution in [-0.4, -0.2) is 50.9 Å². The fraction of sp³-hybridized carbons (Fsp3) is 0.235. The number of amides is 2. The first kappa shape index (κ1) is 33.8. The molecule has 0 spiro atoms. The van der Waals surface area contributed by atoms with E-state index in [0.717, 1.165) is 9.87 Å². The first-order valence-electron chi connectivity index (χ1n) is 14.3. The highest BCUT2D eigenvalue weighted by Crippen LogP contribution is 2.28. The van der Waals surface area contributed by atoms with Gasteiger partial charge in [-0.15, -0.1) is 0 Å². The van der Waals surface area contributed by atoms with E-state index in [1.54, 1.807) is 42.5 Å². The third kappa shape index (κ3) is 9.00. The van der Waals surface area contributed by atoms with Crippen LogP contribution in [0, 0.1) is 0 Å². The van der Waals surface area contributed by atoms with Crippen LogP contribution in [-0.2, 0) is 32.6 Å². The maximum absolute atomic E-state index is 14.5. The SMILES string of the molecule is COc1ccc(S(=O)(=O)N(CC(=O)N(Cc2cccc(Cl)c2)[C@@H](Cc2ccccc2)C(=O)NC(C)C)c2cccc(Cl)c2)cc1. The summed E-state index contributed by atoms with van der Waals surface area (Å²) in [6.07, 6.45) is 0.202. The van der Waals surface area contributed by atoms with E-state index in [-0.39, 0.29) is 35.5 Å². The van der Waals surface area contributed by atoms with Gasteiger partial charge >= 0.3 is 0 Å². The van der Waals surface area contributed by atoms with Crippen molar-refractivity contribution in [3.63, 3.8) is 0 Å². The summed E-state index contributed by atoms with van der Waals surface area (Å²) >= 11 is 12.6. The molecule has 4 aromatic rings. The van der Waals surface area contributed by atoms with Crippen LogP contribution in [0.1, 0.15) is 25.0 Å². The molecule has 4 rings (SSSR count). The Kier molecular flexibility index (Phi) is 11.5. The monoisotopic (exact) mass is 667 g/mol. The zero-order valence-corrected chi connectivity index (χ0v) is 27.5. The van der Waals surface area contributed by atoms with E-state index in [1.165, 1.54) is 42.3 Å². The van der Waals surface area contributed by atoms with Gasteiger partial charge in [0.15, 0.2) is 0 Å². The summed E-state index contributed by atoms with van der Waals surface area (Å²) in [5.41, 5.74) is 1.71. The van der Waals surface area contributed by atoms with Gasteiger partial charge in [-0.05, 0) is 79.6 Å². The third-order valence-corrected chi connectivity index (χ3v) is 9.22. The predicted octanol–water partition coefficient (Wildman–Crippen LogP) is 6.36. The van der Waals surface area contributed by atoms with Crippen molar-refractivity contribution >= 4 is 50.7 Å². The molecule has 0 saturated carbocycles. The predicted molar refractivity (Wildman–Crippen MR) is 178 cm³/mol. The molecule has 0 fully saturated rings. The van der Waals surface area contributed by atoms with E-state index in [1.807, 2.05) is 44.2 Å². The van der Waals surface area contributed by atoms with E-state index in [9.17, 15) is 18.0 Å². The van der Waals surface area contributed by atoms with Crippen LogP contribution >= 0.6 is 23.2 Å². The molecule has 0 aliphatic heterocycles. The molecule has 8 nitrogen and oxygen atoms in total. The number of methoxy groups -OCH3 is 1. The van der Waals surface area contributed by atoms with Gasteiger partial charge in [-0.2, -0.15) is 0 Å². The molecule has 0 bridgehead atoms. The summed E-state index contributed by atoms with van der Waals surface area (Å²) in [7, 11) is -2.80. The summed E-state index contributed by atoms with van der Waals surface area (Å²) in [6, 6.07) is 27.3. The van der Waals surface area contributed by atoms with E-state index >= 15 is 0 Å². The summed E-state index contributed by atoms with van der Waals surface area (Å²) in [5.74, 6) is -0.477. The molecule has 45 heavy (non-hydrogen) atoms. The van der Waals surface area contributed by atoms with Crippen LogP contribution in [0.4, 0.5) is 5.69 Å². The van der Waals surface area contributed by atoms with Gasteiger partial charge in [-0.25, -0.2) is 8.42 Å². The molecule has 2 amide bonds. The molecule has 236 valence electrons. The summed E-state index contributed by atoms with van der Waals surface area (Å²) < 4.78 is 34.4.